The van der Waals surface area contributed by atoms with E-state index < -0.39 is 6.17 Å². The second-order valence-electron chi connectivity index (χ2n) is 6.23. The Bertz CT molecular complexity index is 673. The van der Waals surface area contributed by atoms with E-state index in [-0.39, 0.29) is 6.04 Å². The molecule has 0 aliphatic carbocycles. The molecule has 0 unspecified atom stereocenters. The van der Waals surface area contributed by atoms with E-state index >= 15 is 0 Å². The molecular weight excluding hydrogens is 311 g/mol. The van der Waals surface area contributed by atoms with Crippen molar-refractivity contribution in [1.82, 2.24) is 30.3 Å². The van der Waals surface area contributed by atoms with Crippen molar-refractivity contribution in [2.24, 2.45) is 7.05 Å². The van der Waals surface area contributed by atoms with Crippen LogP contribution < -0.4 is 15.1 Å². The molecule has 0 radical (unpaired) electrons. The van der Waals surface area contributed by atoms with Gasteiger partial charge in [-0.1, -0.05) is 5.21 Å². The average molecular weight is 334 g/mol. The predicted octanol–water partition coefficient (Wildman–Crippen LogP) is 0.378. The van der Waals surface area contributed by atoms with Gasteiger partial charge in [-0.3, -0.25) is 4.68 Å². The lowest BCUT2D eigenvalue weighted by molar-refractivity contribution is 0.354. The summed E-state index contributed by atoms with van der Waals surface area (Å²) in [5.41, 5.74) is 0.994. The molecular formula is C15H23FN8. The third-order valence-electron chi connectivity index (χ3n) is 4.18. The molecule has 1 aliphatic heterocycles. The summed E-state index contributed by atoms with van der Waals surface area (Å²) in [6.45, 7) is 1.69. The van der Waals surface area contributed by atoms with Crippen LogP contribution in [0.2, 0.25) is 0 Å². The number of hydrogen-bond acceptors (Lipinski definition) is 7. The zero-order valence-electron chi connectivity index (χ0n) is 14.2. The van der Waals surface area contributed by atoms with Crippen molar-refractivity contribution in [3.8, 4) is 0 Å². The van der Waals surface area contributed by atoms with E-state index in [1.807, 2.05) is 37.0 Å². The van der Waals surface area contributed by atoms with Crippen molar-refractivity contribution >= 4 is 11.8 Å². The number of anilines is 2. The van der Waals surface area contributed by atoms with Crippen LogP contribution in [0.5, 0.6) is 0 Å². The molecule has 3 heterocycles. The van der Waals surface area contributed by atoms with Gasteiger partial charge in [0, 0.05) is 52.9 Å². The van der Waals surface area contributed by atoms with Gasteiger partial charge >= 0.3 is 0 Å². The van der Waals surface area contributed by atoms with Crippen LogP contribution in [-0.4, -0.2) is 64.4 Å². The Kier molecular flexibility index (Phi) is 4.89. The molecule has 2 atom stereocenters. The molecule has 0 bridgehead atoms. The second kappa shape index (κ2) is 7.08. The standard InChI is InChI=1S/C15H23FN8/c1-22(2)15-18-5-4-14(20-15)24-10-11(16)6-12(24)7-17-8-13-9-19-21-23(13)3/h4-5,9,11-12,17H,6-8,10H2,1-3H3/t11-,12-/m0/s1. The topological polar surface area (TPSA) is 75.0 Å². The van der Waals surface area contributed by atoms with Crippen molar-refractivity contribution < 1.29 is 4.39 Å². The molecule has 1 N–H and O–H groups in total. The quantitative estimate of drug-likeness (QED) is 0.818. The molecule has 1 saturated heterocycles. The molecule has 3 rings (SSSR count). The van der Waals surface area contributed by atoms with Crippen molar-refractivity contribution in [2.75, 3.05) is 37.0 Å². The number of hydrogen-bond donors (Lipinski definition) is 1. The second-order valence-corrected chi connectivity index (χ2v) is 6.23. The van der Waals surface area contributed by atoms with Crippen LogP contribution in [0.3, 0.4) is 0 Å². The number of aryl methyl sites for hydroxylation is 1. The SMILES string of the molecule is CN(C)c1nccc(N2C[C@@H](F)C[C@H]2CNCc2cnnn2C)n1. The minimum Gasteiger partial charge on any atom is -0.349 e. The Balaban J connectivity index is 1.65. The van der Waals surface area contributed by atoms with E-state index in [2.05, 4.69) is 25.6 Å². The Morgan fingerprint density at radius 2 is 2.25 bits per heavy atom. The number of halogens is 1. The molecule has 24 heavy (non-hydrogen) atoms. The Hall–Kier alpha value is -2.29. The van der Waals surface area contributed by atoms with Gasteiger partial charge in [-0.05, 0) is 6.07 Å². The lowest BCUT2D eigenvalue weighted by Gasteiger charge is -2.26. The molecule has 1 aliphatic rings. The highest BCUT2D eigenvalue weighted by Crippen LogP contribution is 2.26. The highest BCUT2D eigenvalue weighted by molar-refractivity contribution is 5.45. The summed E-state index contributed by atoms with van der Waals surface area (Å²) in [7, 11) is 5.64. The Morgan fingerprint density at radius 1 is 1.42 bits per heavy atom. The van der Waals surface area contributed by atoms with Gasteiger partial charge in [0.25, 0.3) is 0 Å². The first-order valence-electron chi connectivity index (χ1n) is 8.00. The fraction of sp³-hybridized carbons (Fsp3) is 0.600. The van der Waals surface area contributed by atoms with Crippen molar-refractivity contribution in [3.63, 3.8) is 0 Å². The van der Waals surface area contributed by atoms with Gasteiger partial charge in [-0.2, -0.15) is 4.98 Å². The number of nitrogens with zero attached hydrogens (tertiary/aromatic N) is 7. The van der Waals surface area contributed by atoms with Crippen molar-refractivity contribution in [3.05, 3.63) is 24.2 Å². The zero-order chi connectivity index (χ0) is 17.1. The first-order valence-corrected chi connectivity index (χ1v) is 8.00. The normalized spacial score (nSPS) is 20.6. The van der Waals surface area contributed by atoms with Gasteiger partial charge in [0.15, 0.2) is 0 Å². The van der Waals surface area contributed by atoms with Crippen LogP contribution in [0.15, 0.2) is 18.5 Å². The number of nitrogens with one attached hydrogen (secondary N) is 1. The van der Waals surface area contributed by atoms with Crippen molar-refractivity contribution in [2.45, 2.75) is 25.2 Å². The minimum absolute atomic E-state index is 0.0612. The molecule has 130 valence electrons. The number of rotatable bonds is 6. The summed E-state index contributed by atoms with van der Waals surface area (Å²) >= 11 is 0. The van der Waals surface area contributed by atoms with E-state index in [4.69, 9.17) is 0 Å². The van der Waals surface area contributed by atoms with Crippen LogP contribution in [0.4, 0.5) is 16.2 Å². The summed E-state index contributed by atoms with van der Waals surface area (Å²) in [6.07, 6.45) is 3.10. The molecule has 8 nitrogen and oxygen atoms in total. The average Bonchev–Trinajstić information content (AvgIpc) is 3.13. The summed E-state index contributed by atoms with van der Waals surface area (Å²) < 4.78 is 15.7. The third-order valence-corrected chi connectivity index (χ3v) is 4.18. The van der Waals surface area contributed by atoms with Crippen LogP contribution in [0.25, 0.3) is 0 Å². The Morgan fingerprint density at radius 3 is 2.96 bits per heavy atom. The maximum absolute atomic E-state index is 14.0. The van der Waals surface area contributed by atoms with Gasteiger partial charge in [0.2, 0.25) is 5.95 Å². The molecule has 0 spiro atoms. The first-order chi connectivity index (χ1) is 11.5. The first kappa shape index (κ1) is 16.6. The Labute approximate surface area is 140 Å². The summed E-state index contributed by atoms with van der Waals surface area (Å²) in [5, 5.41) is 11.1. The van der Waals surface area contributed by atoms with Crippen molar-refractivity contribution in [1.29, 1.82) is 0 Å². The van der Waals surface area contributed by atoms with E-state index in [0.29, 0.717) is 32.0 Å². The fourth-order valence-electron chi connectivity index (χ4n) is 2.89. The molecule has 2 aromatic rings. The van der Waals surface area contributed by atoms with Gasteiger partial charge < -0.3 is 15.1 Å². The third kappa shape index (κ3) is 3.61. The van der Waals surface area contributed by atoms with Crippen LogP contribution in [-0.2, 0) is 13.6 Å². The molecule has 0 saturated carbocycles. The zero-order valence-corrected chi connectivity index (χ0v) is 14.2. The number of aromatic nitrogens is 5. The monoisotopic (exact) mass is 334 g/mol. The predicted molar refractivity (Wildman–Crippen MR) is 89.7 cm³/mol. The molecule has 1 fully saturated rings. The van der Waals surface area contributed by atoms with Gasteiger partial charge in [0.1, 0.15) is 12.0 Å². The van der Waals surface area contributed by atoms with Crippen LogP contribution in [0, 0.1) is 0 Å². The highest BCUT2D eigenvalue weighted by Gasteiger charge is 2.33. The van der Waals surface area contributed by atoms with Gasteiger partial charge in [0.05, 0.1) is 18.4 Å². The van der Waals surface area contributed by atoms with E-state index in [9.17, 15) is 4.39 Å². The maximum Gasteiger partial charge on any atom is 0.226 e. The largest absolute Gasteiger partial charge is 0.349 e. The number of alkyl halides is 1. The summed E-state index contributed by atoms with van der Waals surface area (Å²) in [5.74, 6) is 1.39. The maximum atomic E-state index is 14.0. The minimum atomic E-state index is -0.840. The molecule has 9 heteroatoms. The highest BCUT2D eigenvalue weighted by atomic mass is 19.1. The molecule has 0 aromatic carbocycles. The van der Waals surface area contributed by atoms with Gasteiger partial charge in [-0.15, -0.1) is 5.10 Å². The summed E-state index contributed by atoms with van der Waals surface area (Å²) in [4.78, 5) is 12.6. The lowest BCUT2D eigenvalue weighted by Crippen LogP contribution is -2.38. The van der Waals surface area contributed by atoms with E-state index in [1.165, 1.54) is 0 Å². The lowest BCUT2D eigenvalue weighted by atomic mass is 10.2. The van der Waals surface area contributed by atoms with E-state index in [0.717, 1.165) is 11.5 Å². The van der Waals surface area contributed by atoms with Gasteiger partial charge in [-0.25, -0.2) is 9.37 Å². The van der Waals surface area contributed by atoms with E-state index in [1.54, 1.807) is 17.1 Å². The van der Waals surface area contributed by atoms with Crippen LogP contribution in [0.1, 0.15) is 12.1 Å². The molecule has 2 aromatic heterocycles. The summed E-state index contributed by atoms with van der Waals surface area (Å²) in [6, 6.07) is 1.90. The smallest absolute Gasteiger partial charge is 0.226 e. The fourth-order valence-corrected chi connectivity index (χ4v) is 2.89. The molecule has 0 amide bonds. The van der Waals surface area contributed by atoms with Crippen LogP contribution >= 0.6 is 0 Å².